The van der Waals surface area contributed by atoms with Crippen molar-refractivity contribution >= 4 is 22.9 Å². The molecule has 0 amide bonds. The molecule has 2 aromatic heterocycles. The van der Waals surface area contributed by atoms with Gasteiger partial charge in [0.1, 0.15) is 11.6 Å². The molecule has 4 rings (SSSR count). The van der Waals surface area contributed by atoms with E-state index in [1.54, 1.807) is 24.1 Å². The quantitative estimate of drug-likeness (QED) is 0.467. The molecule has 0 radical (unpaired) electrons. The van der Waals surface area contributed by atoms with Crippen LogP contribution < -0.4 is 4.72 Å². The van der Waals surface area contributed by atoms with Crippen molar-refractivity contribution in [2.24, 2.45) is 5.41 Å². The molecule has 2 heterocycles. The third-order valence-electron chi connectivity index (χ3n) is 5.11. The van der Waals surface area contributed by atoms with Crippen molar-refractivity contribution in [3.05, 3.63) is 54.0 Å². The van der Waals surface area contributed by atoms with Gasteiger partial charge in [-0.1, -0.05) is 32.7 Å². The lowest BCUT2D eigenvalue weighted by atomic mass is 9.96. The van der Waals surface area contributed by atoms with E-state index in [-0.39, 0.29) is 22.6 Å². The van der Waals surface area contributed by atoms with E-state index < -0.39 is 11.6 Å². The summed E-state index contributed by atoms with van der Waals surface area (Å²) in [6, 6.07) is 4.66. The van der Waals surface area contributed by atoms with Crippen molar-refractivity contribution in [1.82, 2.24) is 14.3 Å². The second-order valence-corrected chi connectivity index (χ2v) is 10.3. The van der Waals surface area contributed by atoms with E-state index in [0.717, 1.165) is 23.0 Å². The van der Waals surface area contributed by atoms with Gasteiger partial charge in [-0.15, -0.1) is 0 Å². The van der Waals surface area contributed by atoms with Gasteiger partial charge in [0.15, 0.2) is 0 Å². The Kier molecular flexibility index (Phi) is 5.42. The molecule has 0 saturated heterocycles. The maximum atomic E-state index is 15.1. The molecule has 1 saturated carbocycles. The van der Waals surface area contributed by atoms with Gasteiger partial charge in [0.05, 0.1) is 0 Å². The predicted molar refractivity (Wildman–Crippen MR) is 117 cm³/mol. The van der Waals surface area contributed by atoms with E-state index in [9.17, 15) is 4.39 Å². The molecular formula is C23H27F2N3S. The molecule has 1 fully saturated rings. The highest BCUT2D eigenvalue weighted by atomic mass is 32.2. The van der Waals surface area contributed by atoms with Gasteiger partial charge >= 0.3 is 0 Å². The molecule has 3 nitrogen and oxygen atoms in total. The van der Waals surface area contributed by atoms with Crippen molar-refractivity contribution < 1.29 is 8.78 Å². The number of halogens is 2. The minimum atomic E-state index is -0.469. The lowest BCUT2D eigenvalue weighted by molar-refractivity contribution is 0.349. The molecule has 1 N–H and O–H groups in total. The number of fused-ring (bicyclic) bond motifs is 1. The van der Waals surface area contributed by atoms with Crippen LogP contribution in [0.25, 0.3) is 22.0 Å². The van der Waals surface area contributed by atoms with Gasteiger partial charge in [0.2, 0.25) is 0 Å². The second-order valence-electron chi connectivity index (χ2n) is 9.13. The summed E-state index contributed by atoms with van der Waals surface area (Å²) in [5.74, 6) is -0.899. The Bertz CT molecular complexity index is 1030. The third kappa shape index (κ3) is 4.48. The fraction of sp³-hybridized carbons (Fsp3) is 0.435. The highest BCUT2D eigenvalue weighted by Gasteiger charge is 2.25. The lowest BCUT2D eigenvalue weighted by Crippen LogP contribution is -2.15. The minimum Gasteiger partial charge on any atom is -0.347 e. The number of nitrogens with one attached hydrogen (secondary N) is 1. The Labute approximate surface area is 175 Å². The Morgan fingerprint density at radius 3 is 2.62 bits per heavy atom. The van der Waals surface area contributed by atoms with Crippen LogP contribution in [-0.2, 0) is 6.54 Å². The Hall–Kier alpha value is -1.92. The van der Waals surface area contributed by atoms with E-state index >= 15 is 4.39 Å². The van der Waals surface area contributed by atoms with Gasteiger partial charge in [0, 0.05) is 58.5 Å². The fourth-order valence-corrected chi connectivity index (χ4v) is 4.45. The summed E-state index contributed by atoms with van der Waals surface area (Å²) in [7, 11) is 0. The molecule has 0 aliphatic heterocycles. The molecule has 0 spiro atoms. The van der Waals surface area contributed by atoms with Crippen molar-refractivity contribution in [1.29, 1.82) is 0 Å². The minimum absolute atomic E-state index is 0.0523. The molecule has 1 aromatic carbocycles. The molecule has 6 heteroatoms. The number of hydrogen-bond acceptors (Lipinski definition) is 3. The normalized spacial score (nSPS) is 15.8. The summed E-state index contributed by atoms with van der Waals surface area (Å²) in [6.07, 6.45) is 7.38. The van der Waals surface area contributed by atoms with E-state index in [4.69, 9.17) is 0 Å². The van der Waals surface area contributed by atoms with E-state index in [0.29, 0.717) is 5.25 Å². The highest BCUT2D eigenvalue weighted by Crippen LogP contribution is 2.37. The van der Waals surface area contributed by atoms with E-state index in [2.05, 4.69) is 48.2 Å². The average molecular weight is 416 g/mol. The molecule has 0 bridgehead atoms. The maximum absolute atomic E-state index is 15.1. The number of hydrogen-bond donors (Lipinski definition) is 1. The van der Waals surface area contributed by atoms with Crippen molar-refractivity contribution in [3.8, 4) is 11.1 Å². The third-order valence-corrected chi connectivity index (χ3v) is 6.40. The first-order valence-corrected chi connectivity index (χ1v) is 10.9. The molecule has 154 valence electrons. The fourth-order valence-electron chi connectivity index (χ4n) is 3.55. The monoisotopic (exact) mass is 415 g/mol. The number of rotatable bonds is 6. The van der Waals surface area contributed by atoms with E-state index in [1.165, 1.54) is 31.3 Å². The van der Waals surface area contributed by atoms with Crippen LogP contribution in [0, 0.1) is 17.0 Å². The molecule has 1 aliphatic rings. The molecule has 3 aromatic rings. The van der Waals surface area contributed by atoms with Crippen LogP contribution in [-0.4, -0.2) is 14.8 Å². The maximum Gasteiger partial charge on any atom is 0.134 e. The van der Waals surface area contributed by atoms with Gasteiger partial charge < -0.3 is 4.57 Å². The topological polar surface area (TPSA) is 29.9 Å². The van der Waals surface area contributed by atoms with Crippen LogP contribution in [0.2, 0.25) is 0 Å². The van der Waals surface area contributed by atoms with Crippen molar-refractivity contribution in [2.75, 3.05) is 0 Å². The summed E-state index contributed by atoms with van der Waals surface area (Å²) < 4.78 is 35.1. The van der Waals surface area contributed by atoms with Gasteiger partial charge in [-0.3, -0.25) is 9.71 Å². The zero-order valence-corrected chi connectivity index (χ0v) is 18.1. The highest BCUT2D eigenvalue weighted by molar-refractivity contribution is 7.98. The summed E-state index contributed by atoms with van der Waals surface area (Å²) >= 11 is 1.77. The summed E-state index contributed by atoms with van der Waals surface area (Å²) in [4.78, 5) is 3.98. The van der Waals surface area contributed by atoms with E-state index in [1.807, 2.05) is 0 Å². The molecule has 1 aliphatic carbocycles. The van der Waals surface area contributed by atoms with Crippen LogP contribution >= 0.6 is 11.9 Å². The van der Waals surface area contributed by atoms with Crippen LogP contribution in [0.5, 0.6) is 0 Å². The predicted octanol–water partition coefficient (Wildman–Crippen LogP) is 6.49. The van der Waals surface area contributed by atoms with Crippen LogP contribution in [0.4, 0.5) is 8.78 Å². The number of pyridine rings is 1. The zero-order valence-electron chi connectivity index (χ0n) is 17.3. The van der Waals surface area contributed by atoms with Gasteiger partial charge in [-0.05, 0) is 48.9 Å². The van der Waals surface area contributed by atoms with Gasteiger partial charge in [-0.25, -0.2) is 8.78 Å². The SMILES string of the molecule is CC(NSC1CC1)c1cn(CC(C)(C)C)c2cc(-c3cnccc3F)c(F)cc12. The van der Waals surface area contributed by atoms with Gasteiger partial charge in [0.25, 0.3) is 0 Å². The van der Waals surface area contributed by atoms with Crippen molar-refractivity contribution in [2.45, 2.75) is 58.4 Å². The summed E-state index contributed by atoms with van der Waals surface area (Å²) in [6.45, 7) is 9.42. The summed E-state index contributed by atoms with van der Waals surface area (Å²) in [5.41, 5.74) is 2.47. The molecular weight excluding hydrogens is 388 g/mol. The number of benzene rings is 1. The zero-order chi connectivity index (χ0) is 20.8. The average Bonchev–Trinajstić information content (AvgIpc) is 3.42. The first-order chi connectivity index (χ1) is 13.7. The van der Waals surface area contributed by atoms with Crippen LogP contribution in [0.3, 0.4) is 0 Å². The number of nitrogens with zero attached hydrogens (tertiary/aromatic N) is 2. The molecule has 29 heavy (non-hydrogen) atoms. The largest absolute Gasteiger partial charge is 0.347 e. The Morgan fingerprint density at radius 1 is 1.21 bits per heavy atom. The lowest BCUT2D eigenvalue weighted by Gasteiger charge is -2.20. The first kappa shape index (κ1) is 20.4. The first-order valence-electron chi connectivity index (χ1n) is 10.1. The second kappa shape index (κ2) is 7.73. The Morgan fingerprint density at radius 2 is 1.97 bits per heavy atom. The van der Waals surface area contributed by atoms with Gasteiger partial charge in [-0.2, -0.15) is 0 Å². The van der Waals surface area contributed by atoms with Crippen molar-refractivity contribution in [3.63, 3.8) is 0 Å². The number of aromatic nitrogens is 2. The van der Waals surface area contributed by atoms with Crippen LogP contribution in [0.15, 0.2) is 36.8 Å². The molecule has 1 atom stereocenters. The summed E-state index contributed by atoms with van der Waals surface area (Å²) in [5, 5.41) is 1.56. The standard InChI is InChI=1S/C23H27F2N3S/c1-14(27-29-15-5-6-15)19-12-28(13-23(2,3)4)22-10-16(21(25)9-17(19)22)18-11-26-8-7-20(18)24/h7-12,14-15,27H,5-6,13H2,1-4H3. The smallest absolute Gasteiger partial charge is 0.134 e. The Balaban J connectivity index is 1.82. The molecule has 1 unspecified atom stereocenters. The van der Waals surface area contributed by atoms with Crippen LogP contribution in [0.1, 0.15) is 52.1 Å².